The Balaban J connectivity index is 1.72. The number of carbonyl (C=O) groups is 4. The van der Waals surface area contributed by atoms with Crippen molar-refractivity contribution in [3.05, 3.63) is 63.6 Å². The second-order valence-electron chi connectivity index (χ2n) is 8.13. The highest BCUT2D eigenvalue weighted by molar-refractivity contribution is 6.36. The summed E-state index contributed by atoms with van der Waals surface area (Å²) in [5, 5.41) is 2.16. The Morgan fingerprint density at radius 1 is 1.03 bits per heavy atom. The average molecular weight is 489 g/mol. The molecule has 7 nitrogen and oxygen atoms in total. The van der Waals surface area contributed by atoms with Crippen LogP contribution in [0.3, 0.4) is 0 Å². The number of ether oxygens (including phenoxy) is 1. The van der Waals surface area contributed by atoms with Gasteiger partial charge in [-0.2, -0.15) is 5.01 Å². The maximum absolute atomic E-state index is 13.5. The van der Waals surface area contributed by atoms with Crippen LogP contribution in [0.25, 0.3) is 0 Å². The quantitative estimate of drug-likeness (QED) is 0.443. The van der Waals surface area contributed by atoms with Gasteiger partial charge in [-0.3, -0.25) is 19.2 Å². The van der Waals surface area contributed by atoms with Gasteiger partial charge in [0, 0.05) is 10.6 Å². The number of imide groups is 1. The molecule has 9 heteroatoms. The number of rotatable bonds is 6. The first-order valence-corrected chi connectivity index (χ1v) is 11.4. The van der Waals surface area contributed by atoms with Crippen LogP contribution in [0.15, 0.2) is 42.5 Å². The number of nitrogens with zero attached hydrogens (tertiary/aromatic N) is 2. The lowest BCUT2D eigenvalue weighted by molar-refractivity contribution is -0.154. The van der Waals surface area contributed by atoms with Crippen molar-refractivity contribution < 1.29 is 23.9 Å². The van der Waals surface area contributed by atoms with Crippen molar-refractivity contribution >= 4 is 46.7 Å². The first kappa shape index (κ1) is 23.3. The molecule has 1 aliphatic carbocycles. The Bertz CT molecular complexity index is 1110. The third-order valence-corrected chi connectivity index (χ3v) is 6.69. The summed E-state index contributed by atoms with van der Waals surface area (Å²) in [5.41, 5.74) is 0.320. The number of hydrogen-bond donors (Lipinski definition) is 0. The van der Waals surface area contributed by atoms with E-state index in [9.17, 15) is 19.2 Å². The molecule has 0 bridgehead atoms. The third-order valence-electron chi connectivity index (χ3n) is 6.14. The second-order valence-corrected chi connectivity index (χ2v) is 8.97. The molecule has 1 aliphatic heterocycles. The van der Waals surface area contributed by atoms with Gasteiger partial charge in [-0.25, -0.2) is 5.01 Å². The van der Waals surface area contributed by atoms with Crippen LogP contribution in [0.1, 0.15) is 46.4 Å². The van der Waals surface area contributed by atoms with E-state index in [-0.39, 0.29) is 16.1 Å². The largest absolute Gasteiger partial charge is 0.497 e. The van der Waals surface area contributed by atoms with Gasteiger partial charge in [-0.05, 0) is 43.2 Å². The van der Waals surface area contributed by atoms with E-state index in [2.05, 4.69) is 0 Å². The number of Topliss-reactive ketones (excluding diaryl/α,β-unsaturated/α-hetero) is 1. The fraction of sp³-hybridized carbons (Fsp3) is 0.333. The summed E-state index contributed by atoms with van der Waals surface area (Å²) < 4.78 is 5.17. The highest BCUT2D eigenvalue weighted by Crippen LogP contribution is 2.39. The Hall–Kier alpha value is -2.90. The van der Waals surface area contributed by atoms with Crippen LogP contribution in [0.4, 0.5) is 0 Å². The van der Waals surface area contributed by atoms with E-state index >= 15 is 0 Å². The van der Waals surface area contributed by atoms with Gasteiger partial charge < -0.3 is 4.74 Å². The summed E-state index contributed by atoms with van der Waals surface area (Å²) in [4.78, 5) is 53.1. The Kier molecular flexibility index (Phi) is 6.72. The summed E-state index contributed by atoms with van der Waals surface area (Å²) in [7, 11) is 1.48. The number of carbonyl (C=O) groups excluding carboxylic acids is 4. The standard InChI is InChI=1S/C24H22Cl2N2O5/c1-33-16-6-4-5-14(11-16)21(29)13-27(22(30)19-10-9-15(25)12-20(19)26)28-23(31)17-7-2-3-8-18(17)24(28)32/h4-6,9-12,17-18H,2-3,7-8,13H2,1H3/t17-,18-/m0/s1. The highest BCUT2D eigenvalue weighted by atomic mass is 35.5. The SMILES string of the molecule is COc1cccc(C(=O)CN(C(=O)c2ccc(Cl)cc2Cl)N2C(=O)[C@H]3CCCC[C@@H]3C2=O)c1. The van der Waals surface area contributed by atoms with Crippen molar-refractivity contribution in [3.63, 3.8) is 0 Å². The smallest absolute Gasteiger partial charge is 0.274 e. The van der Waals surface area contributed by atoms with Crippen molar-refractivity contribution in [1.82, 2.24) is 10.0 Å². The molecular formula is C24H22Cl2N2O5. The number of methoxy groups -OCH3 is 1. The molecule has 0 radical (unpaired) electrons. The topological polar surface area (TPSA) is 84.0 Å². The van der Waals surface area contributed by atoms with E-state index < -0.39 is 41.9 Å². The molecule has 2 aromatic rings. The van der Waals surface area contributed by atoms with E-state index in [1.54, 1.807) is 18.2 Å². The first-order valence-electron chi connectivity index (χ1n) is 10.6. The molecule has 0 aromatic heterocycles. The number of amides is 3. The summed E-state index contributed by atoms with van der Waals surface area (Å²) in [6.45, 7) is -0.512. The van der Waals surface area contributed by atoms with Crippen LogP contribution in [0.5, 0.6) is 5.75 Å². The Morgan fingerprint density at radius 3 is 2.30 bits per heavy atom. The van der Waals surface area contributed by atoms with E-state index in [1.165, 1.54) is 31.4 Å². The normalized spacial score (nSPS) is 19.9. The van der Waals surface area contributed by atoms with Gasteiger partial charge in [0.2, 0.25) is 0 Å². The van der Waals surface area contributed by atoms with E-state index in [4.69, 9.17) is 27.9 Å². The predicted octanol–water partition coefficient (Wildman–Crippen LogP) is 4.42. The zero-order valence-corrected chi connectivity index (χ0v) is 19.4. The van der Waals surface area contributed by atoms with Gasteiger partial charge in [-0.15, -0.1) is 0 Å². The van der Waals surface area contributed by atoms with Crippen LogP contribution < -0.4 is 4.74 Å². The minimum Gasteiger partial charge on any atom is -0.497 e. The van der Waals surface area contributed by atoms with E-state index in [0.717, 1.165) is 22.9 Å². The summed E-state index contributed by atoms with van der Waals surface area (Å²) in [6.07, 6.45) is 2.85. The summed E-state index contributed by atoms with van der Waals surface area (Å²) in [6, 6.07) is 10.7. The maximum Gasteiger partial charge on any atom is 0.274 e. The van der Waals surface area contributed by atoms with Crippen molar-refractivity contribution in [2.75, 3.05) is 13.7 Å². The van der Waals surface area contributed by atoms with Gasteiger partial charge in [0.15, 0.2) is 5.78 Å². The van der Waals surface area contributed by atoms with E-state index in [1.807, 2.05) is 0 Å². The van der Waals surface area contributed by atoms with E-state index in [0.29, 0.717) is 23.6 Å². The zero-order chi connectivity index (χ0) is 23.7. The second kappa shape index (κ2) is 9.53. The van der Waals surface area contributed by atoms with Gasteiger partial charge in [0.1, 0.15) is 12.3 Å². The lowest BCUT2D eigenvalue weighted by Crippen LogP contribution is -2.52. The van der Waals surface area contributed by atoms with Crippen molar-refractivity contribution in [3.8, 4) is 5.75 Å². The minimum atomic E-state index is -0.728. The number of ketones is 1. The van der Waals surface area contributed by atoms with Crippen LogP contribution in [-0.4, -0.2) is 47.2 Å². The van der Waals surface area contributed by atoms with Crippen molar-refractivity contribution in [1.29, 1.82) is 0 Å². The molecular weight excluding hydrogens is 467 g/mol. The summed E-state index contributed by atoms with van der Waals surface area (Å²) in [5.74, 6) is -2.58. The molecule has 1 saturated heterocycles. The molecule has 0 N–H and O–H groups in total. The molecule has 2 fully saturated rings. The molecule has 3 amide bonds. The monoisotopic (exact) mass is 488 g/mol. The first-order chi connectivity index (χ1) is 15.8. The zero-order valence-electron chi connectivity index (χ0n) is 17.9. The molecule has 0 spiro atoms. The van der Waals surface area contributed by atoms with Crippen LogP contribution >= 0.6 is 23.2 Å². The lowest BCUT2D eigenvalue weighted by Gasteiger charge is -2.30. The fourth-order valence-electron chi connectivity index (χ4n) is 4.44. The Morgan fingerprint density at radius 2 is 1.70 bits per heavy atom. The number of fused-ring (bicyclic) bond motifs is 1. The average Bonchev–Trinajstić information content (AvgIpc) is 3.07. The van der Waals surface area contributed by atoms with Gasteiger partial charge >= 0.3 is 0 Å². The van der Waals surface area contributed by atoms with Crippen LogP contribution in [0, 0.1) is 11.8 Å². The number of hydrogen-bond acceptors (Lipinski definition) is 5. The molecule has 2 aromatic carbocycles. The highest BCUT2D eigenvalue weighted by Gasteiger charge is 2.52. The van der Waals surface area contributed by atoms with Crippen LogP contribution in [-0.2, 0) is 9.59 Å². The molecule has 2 atom stereocenters. The maximum atomic E-state index is 13.5. The van der Waals surface area contributed by atoms with Crippen molar-refractivity contribution in [2.24, 2.45) is 11.8 Å². The number of halogens is 2. The third kappa shape index (κ3) is 4.48. The van der Waals surface area contributed by atoms with Gasteiger partial charge in [0.05, 0.1) is 29.5 Å². The molecule has 1 saturated carbocycles. The molecule has 1 heterocycles. The summed E-state index contributed by atoms with van der Waals surface area (Å²) >= 11 is 12.2. The molecule has 172 valence electrons. The van der Waals surface area contributed by atoms with Gasteiger partial charge in [0.25, 0.3) is 17.7 Å². The number of benzene rings is 2. The van der Waals surface area contributed by atoms with Crippen LogP contribution in [0.2, 0.25) is 10.0 Å². The van der Waals surface area contributed by atoms with Crippen molar-refractivity contribution in [2.45, 2.75) is 25.7 Å². The predicted molar refractivity (Wildman–Crippen MR) is 122 cm³/mol. The molecule has 0 unspecified atom stereocenters. The minimum absolute atomic E-state index is 0.0370. The molecule has 33 heavy (non-hydrogen) atoms. The number of hydrazine groups is 1. The molecule has 4 rings (SSSR count). The Labute approximate surface area is 201 Å². The fourth-order valence-corrected chi connectivity index (χ4v) is 4.93. The lowest BCUT2D eigenvalue weighted by atomic mass is 9.81. The molecule has 2 aliphatic rings. The van der Waals surface area contributed by atoms with Gasteiger partial charge in [-0.1, -0.05) is 48.2 Å².